The van der Waals surface area contributed by atoms with Gasteiger partial charge in [0.05, 0.1) is 11.7 Å². The van der Waals surface area contributed by atoms with Crippen molar-refractivity contribution in [1.29, 1.82) is 0 Å². The van der Waals surface area contributed by atoms with Crippen LogP contribution in [0.5, 0.6) is 0 Å². The average Bonchev–Trinajstić information content (AvgIpc) is 2.19. The van der Waals surface area contributed by atoms with Crippen molar-refractivity contribution >= 4 is 11.6 Å². The van der Waals surface area contributed by atoms with Gasteiger partial charge < -0.3 is 4.74 Å². The Bertz CT molecular complexity index is 230. The molecule has 1 nitrogen and oxygen atoms in total. The third kappa shape index (κ3) is 3.18. The summed E-state index contributed by atoms with van der Waals surface area (Å²) in [4.78, 5) is 0. The predicted octanol–water partition coefficient (Wildman–Crippen LogP) is 4.06. The van der Waals surface area contributed by atoms with E-state index in [1.54, 1.807) is 6.92 Å². The summed E-state index contributed by atoms with van der Waals surface area (Å²) in [5, 5.41) is 0. The van der Waals surface area contributed by atoms with E-state index in [1.807, 2.05) is 13.0 Å². The zero-order chi connectivity index (χ0) is 11.5. The van der Waals surface area contributed by atoms with Crippen molar-refractivity contribution in [1.82, 2.24) is 0 Å². The second kappa shape index (κ2) is 5.31. The number of hydrogen-bond donors (Lipinski definition) is 0. The van der Waals surface area contributed by atoms with Gasteiger partial charge in [-0.25, -0.2) is 4.39 Å². The molecule has 1 saturated heterocycles. The fourth-order valence-corrected chi connectivity index (χ4v) is 2.08. The number of rotatable bonds is 3. The van der Waals surface area contributed by atoms with Gasteiger partial charge in [-0.2, -0.15) is 0 Å². The maximum absolute atomic E-state index is 13.4. The van der Waals surface area contributed by atoms with Gasteiger partial charge in [-0.15, -0.1) is 0 Å². The first-order valence-corrected chi connectivity index (χ1v) is 6.00. The Balaban J connectivity index is 2.63. The Labute approximate surface area is 96.6 Å². The van der Waals surface area contributed by atoms with Crippen LogP contribution in [0.1, 0.15) is 40.0 Å². The van der Waals surface area contributed by atoms with E-state index in [1.165, 1.54) is 5.54 Å². The monoisotopic (exact) mass is 234 g/mol. The molecule has 0 spiro atoms. The van der Waals surface area contributed by atoms with E-state index in [9.17, 15) is 4.39 Å². The molecule has 0 aromatic heterocycles. The highest BCUT2D eigenvalue weighted by Gasteiger charge is 2.40. The second-order valence-electron chi connectivity index (χ2n) is 4.70. The van der Waals surface area contributed by atoms with Gasteiger partial charge in [-0.3, -0.25) is 0 Å². The van der Waals surface area contributed by atoms with Crippen LogP contribution in [0.3, 0.4) is 0 Å². The number of alkyl halides is 1. The second-order valence-corrected chi connectivity index (χ2v) is 4.95. The highest BCUT2D eigenvalue weighted by atomic mass is 35.5. The zero-order valence-electron chi connectivity index (χ0n) is 9.67. The maximum Gasteiger partial charge on any atom is 0.126 e. The first-order valence-electron chi connectivity index (χ1n) is 5.56. The van der Waals surface area contributed by atoms with Crippen molar-refractivity contribution in [3.63, 3.8) is 0 Å². The van der Waals surface area contributed by atoms with E-state index in [0.29, 0.717) is 5.92 Å². The van der Waals surface area contributed by atoms with E-state index >= 15 is 0 Å². The van der Waals surface area contributed by atoms with Crippen LogP contribution in [0, 0.1) is 5.92 Å². The standard InChI is InChI=1S/C12H20ClFO/c1-9-6-7-12(3,10(2)14)15-11(9)5-4-8-13/h4,8-11H,5-7H2,1-3H3/b8-4+/t9-,10+,11-,12+/m0/s1. The quantitative estimate of drug-likeness (QED) is 0.716. The number of ether oxygens (including phenoxy) is 1. The predicted molar refractivity (Wildman–Crippen MR) is 61.9 cm³/mol. The van der Waals surface area contributed by atoms with Gasteiger partial charge in [0.1, 0.15) is 6.17 Å². The molecule has 0 unspecified atom stereocenters. The van der Waals surface area contributed by atoms with Crippen LogP contribution in [0.15, 0.2) is 11.6 Å². The lowest BCUT2D eigenvalue weighted by Crippen LogP contribution is -2.47. The summed E-state index contributed by atoms with van der Waals surface area (Å²) < 4.78 is 19.3. The highest BCUT2D eigenvalue weighted by Crippen LogP contribution is 2.37. The lowest BCUT2D eigenvalue weighted by atomic mass is 9.83. The van der Waals surface area contributed by atoms with Crippen LogP contribution in [-0.4, -0.2) is 17.9 Å². The highest BCUT2D eigenvalue weighted by molar-refractivity contribution is 6.25. The third-order valence-corrected chi connectivity index (χ3v) is 3.63. The largest absolute Gasteiger partial charge is 0.368 e. The molecular weight excluding hydrogens is 215 g/mol. The molecule has 15 heavy (non-hydrogen) atoms. The SMILES string of the molecule is C[C@H]1CC[C@](C)([C@@H](C)F)O[C@H]1C/C=C/Cl. The Morgan fingerprint density at radius 1 is 1.67 bits per heavy atom. The summed E-state index contributed by atoms with van der Waals surface area (Å²) in [5.41, 5.74) is 0.887. The molecule has 0 aromatic rings. The normalized spacial score (nSPS) is 39.5. The first kappa shape index (κ1) is 13.0. The molecule has 88 valence electrons. The molecule has 0 aromatic carbocycles. The number of halogens is 2. The van der Waals surface area contributed by atoms with Gasteiger partial charge in [-0.1, -0.05) is 24.6 Å². The smallest absolute Gasteiger partial charge is 0.126 e. The molecule has 0 saturated carbocycles. The van der Waals surface area contributed by atoms with E-state index < -0.39 is 11.8 Å². The van der Waals surface area contributed by atoms with Crippen molar-refractivity contribution in [3.05, 3.63) is 11.6 Å². The Morgan fingerprint density at radius 2 is 2.33 bits per heavy atom. The van der Waals surface area contributed by atoms with E-state index in [-0.39, 0.29) is 6.10 Å². The van der Waals surface area contributed by atoms with Crippen LogP contribution in [0.2, 0.25) is 0 Å². The first-order chi connectivity index (χ1) is 6.99. The maximum atomic E-state index is 13.4. The topological polar surface area (TPSA) is 9.23 Å². The summed E-state index contributed by atoms with van der Waals surface area (Å²) in [6, 6.07) is 0. The lowest BCUT2D eigenvalue weighted by Gasteiger charge is -2.42. The van der Waals surface area contributed by atoms with E-state index in [0.717, 1.165) is 19.3 Å². The fourth-order valence-electron chi connectivity index (χ4n) is 1.98. The van der Waals surface area contributed by atoms with Crippen molar-refractivity contribution in [2.45, 2.75) is 57.9 Å². The number of hydrogen-bond acceptors (Lipinski definition) is 1. The molecule has 1 aliphatic rings. The van der Waals surface area contributed by atoms with Crippen LogP contribution in [-0.2, 0) is 4.74 Å². The van der Waals surface area contributed by atoms with Gasteiger partial charge in [-0.05, 0) is 39.0 Å². The summed E-state index contributed by atoms with van der Waals surface area (Å²) >= 11 is 5.49. The van der Waals surface area contributed by atoms with E-state index in [4.69, 9.17) is 16.3 Å². The van der Waals surface area contributed by atoms with Crippen LogP contribution in [0.25, 0.3) is 0 Å². The molecule has 0 N–H and O–H groups in total. The van der Waals surface area contributed by atoms with Gasteiger partial charge in [0.15, 0.2) is 0 Å². The lowest BCUT2D eigenvalue weighted by molar-refractivity contribution is -0.167. The molecule has 1 fully saturated rings. The van der Waals surface area contributed by atoms with Gasteiger partial charge >= 0.3 is 0 Å². The minimum absolute atomic E-state index is 0.0944. The van der Waals surface area contributed by atoms with Crippen molar-refractivity contribution in [3.8, 4) is 0 Å². The van der Waals surface area contributed by atoms with Gasteiger partial charge in [0.2, 0.25) is 0 Å². The summed E-state index contributed by atoms with van der Waals surface area (Å²) in [7, 11) is 0. The fraction of sp³-hybridized carbons (Fsp3) is 0.833. The summed E-state index contributed by atoms with van der Waals surface area (Å²) in [5.74, 6) is 0.477. The molecule has 1 aliphatic heterocycles. The third-order valence-electron chi connectivity index (χ3n) is 3.45. The molecule has 0 radical (unpaired) electrons. The average molecular weight is 235 g/mol. The Kier molecular flexibility index (Phi) is 4.60. The van der Waals surface area contributed by atoms with Gasteiger partial charge in [0.25, 0.3) is 0 Å². The molecular formula is C12H20ClFO. The van der Waals surface area contributed by atoms with Crippen LogP contribution >= 0.6 is 11.6 Å². The molecule has 3 heteroatoms. The molecule has 1 heterocycles. The zero-order valence-corrected chi connectivity index (χ0v) is 10.4. The molecule has 0 bridgehead atoms. The minimum atomic E-state index is -0.924. The van der Waals surface area contributed by atoms with Crippen LogP contribution < -0.4 is 0 Å². The van der Waals surface area contributed by atoms with Gasteiger partial charge in [0, 0.05) is 5.54 Å². The van der Waals surface area contributed by atoms with E-state index in [2.05, 4.69) is 6.92 Å². The minimum Gasteiger partial charge on any atom is -0.368 e. The van der Waals surface area contributed by atoms with Crippen molar-refractivity contribution < 1.29 is 9.13 Å². The Morgan fingerprint density at radius 3 is 2.87 bits per heavy atom. The molecule has 0 amide bonds. The Hall–Kier alpha value is -0.0800. The van der Waals surface area contributed by atoms with Crippen molar-refractivity contribution in [2.24, 2.45) is 5.92 Å². The summed E-state index contributed by atoms with van der Waals surface area (Å²) in [6.45, 7) is 5.58. The molecule has 1 rings (SSSR count). The summed E-state index contributed by atoms with van der Waals surface area (Å²) in [6.07, 6.45) is 3.63. The molecule has 4 atom stereocenters. The van der Waals surface area contributed by atoms with Crippen molar-refractivity contribution in [2.75, 3.05) is 0 Å². The van der Waals surface area contributed by atoms with Crippen LogP contribution in [0.4, 0.5) is 4.39 Å². The molecule has 0 aliphatic carbocycles.